The number of hydrogen-bond acceptors (Lipinski definition) is 4. The normalized spacial score (nSPS) is 18.5. The number of benzene rings is 3. The first-order valence-corrected chi connectivity index (χ1v) is 11.5. The number of phenols is 1. The van der Waals surface area contributed by atoms with Crippen LogP contribution >= 0.6 is 31.9 Å². The number of rotatable bonds is 5. The van der Waals surface area contributed by atoms with E-state index < -0.39 is 6.17 Å². The zero-order valence-electron chi connectivity index (χ0n) is 16.8. The van der Waals surface area contributed by atoms with E-state index >= 15 is 0 Å². The minimum atomic E-state index is -0.611. The van der Waals surface area contributed by atoms with Gasteiger partial charge >= 0.3 is 0 Å². The molecule has 0 amide bonds. The predicted molar refractivity (Wildman–Crippen MR) is 127 cm³/mol. The quantitative estimate of drug-likeness (QED) is 0.374. The van der Waals surface area contributed by atoms with Crippen LogP contribution in [-0.4, -0.2) is 17.4 Å². The molecule has 0 unspecified atom stereocenters. The van der Waals surface area contributed by atoms with Crippen molar-refractivity contribution >= 4 is 37.6 Å². The van der Waals surface area contributed by atoms with Gasteiger partial charge in [0.05, 0.1) is 6.61 Å². The maximum Gasteiger partial charge on any atom is 0.162 e. The second-order valence-electron chi connectivity index (χ2n) is 7.20. The molecule has 1 aliphatic rings. The molecule has 3 aromatic rings. The first-order chi connectivity index (χ1) is 15.0. The molecule has 31 heavy (non-hydrogen) atoms. The van der Waals surface area contributed by atoms with Crippen molar-refractivity contribution in [3.63, 3.8) is 0 Å². The van der Waals surface area contributed by atoms with Gasteiger partial charge in [0.25, 0.3) is 0 Å². The van der Waals surface area contributed by atoms with E-state index in [0.29, 0.717) is 29.9 Å². The van der Waals surface area contributed by atoms with Crippen LogP contribution in [0.2, 0.25) is 0 Å². The molecular weight excluding hydrogens is 527 g/mol. The van der Waals surface area contributed by atoms with Gasteiger partial charge in [0.1, 0.15) is 12.0 Å². The van der Waals surface area contributed by atoms with Gasteiger partial charge < -0.3 is 9.84 Å². The highest BCUT2D eigenvalue weighted by molar-refractivity contribution is 9.10. The SMILES string of the molecule is CCOc1cccc([C@@H]2CC(c3cccc(Br)c3)=N[C@@H](c3cc(Br)ccc3F)N2)c1O. The number of ether oxygens (including phenoxy) is 1. The third-order valence-corrected chi connectivity index (χ3v) is 6.14. The molecule has 0 aromatic heterocycles. The molecule has 4 rings (SSSR count). The summed E-state index contributed by atoms with van der Waals surface area (Å²) in [7, 11) is 0. The molecule has 3 aromatic carbocycles. The van der Waals surface area contributed by atoms with E-state index in [9.17, 15) is 9.50 Å². The fourth-order valence-corrected chi connectivity index (χ4v) is 4.50. The van der Waals surface area contributed by atoms with E-state index in [1.807, 2.05) is 43.3 Å². The summed E-state index contributed by atoms with van der Waals surface area (Å²) in [5.41, 5.74) is 2.90. The fraction of sp³-hybridized carbons (Fsp3) is 0.208. The van der Waals surface area contributed by atoms with Crippen molar-refractivity contribution in [3.05, 3.63) is 92.1 Å². The minimum absolute atomic E-state index is 0.0887. The first-order valence-electron chi connectivity index (χ1n) is 9.94. The highest BCUT2D eigenvalue weighted by atomic mass is 79.9. The van der Waals surface area contributed by atoms with Gasteiger partial charge in [0.2, 0.25) is 0 Å². The lowest BCUT2D eigenvalue weighted by atomic mass is 9.93. The average Bonchev–Trinajstić information content (AvgIpc) is 2.77. The summed E-state index contributed by atoms with van der Waals surface area (Å²) in [6.45, 7) is 2.32. The van der Waals surface area contributed by atoms with Gasteiger partial charge in [-0.05, 0) is 48.9 Å². The van der Waals surface area contributed by atoms with E-state index in [2.05, 4.69) is 37.2 Å². The van der Waals surface area contributed by atoms with Gasteiger partial charge in [0, 0.05) is 38.2 Å². The lowest BCUT2D eigenvalue weighted by molar-refractivity contribution is 0.313. The van der Waals surface area contributed by atoms with E-state index in [1.54, 1.807) is 18.2 Å². The van der Waals surface area contributed by atoms with E-state index in [-0.39, 0.29) is 17.6 Å². The number of hydrogen-bond donors (Lipinski definition) is 2. The molecule has 2 N–H and O–H groups in total. The molecule has 0 fully saturated rings. The van der Waals surface area contributed by atoms with Crippen molar-refractivity contribution in [2.24, 2.45) is 4.99 Å². The van der Waals surface area contributed by atoms with Crippen LogP contribution in [0.1, 0.15) is 42.2 Å². The number of aromatic hydroxyl groups is 1. The number of nitrogens with zero attached hydrogens (tertiary/aromatic N) is 1. The summed E-state index contributed by atoms with van der Waals surface area (Å²) in [5, 5.41) is 14.2. The zero-order chi connectivity index (χ0) is 22.0. The Morgan fingerprint density at radius 3 is 2.61 bits per heavy atom. The van der Waals surface area contributed by atoms with E-state index in [0.717, 1.165) is 20.2 Å². The highest BCUT2D eigenvalue weighted by Crippen LogP contribution is 2.39. The van der Waals surface area contributed by atoms with Crippen molar-refractivity contribution < 1.29 is 14.2 Å². The second-order valence-corrected chi connectivity index (χ2v) is 9.04. The maximum absolute atomic E-state index is 14.7. The van der Waals surface area contributed by atoms with E-state index in [4.69, 9.17) is 9.73 Å². The predicted octanol–water partition coefficient (Wildman–Crippen LogP) is 6.68. The van der Waals surface area contributed by atoms with Gasteiger partial charge in [-0.15, -0.1) is 0 Å². The molecule has 0 aliphatic carbocycles. The monoisotopic (exact) mass is 546 g/mol. The third-order valence-electron chi connectivity index (χ3n) is 5.16. The van der Waals surface area contributed by atoms with Crippen molar-refractivity contribution in [1.29, 1.82) is 0 Å². The summed E-state index contributed by atoms with van der Waals surface area (Å²) in [6.07, 6.45) is -0.0773. The maximum atomic E-state index is 14.7. The number of aliphatic imine (C=N–C) groups is 1. The summed E-state index contributed by atoms with van der Waals surface area (Å²) < 4.78 is 22.0. The van der Waals surface area contributed by atoms with Crippen LogP contribution < -0.4 is 10.1 Å². The fourth-order valence-electron chi connectivity index (χ4n) is 3.72. The van der Waals surface area contributed by atoms with Crippen LogP contribution in [0.25, 0.3) is 0 Å². The van der Waals surface area contributed by atoms with Crippen LogP contribution in [0.5, 0.6) is 11.5 Å². The molecule has 0 saturated carbocycles. The zero-order valence-corrected chi connectivity index (χ0v) is 20.0. The molecule has 160 valence electrons. The molecule has 2 atom stereocenters. The Morgan fingerprint density at radius 2 is 1.84 bits per heavy atom. The summed E-state index contributed by atoms with van der Waals surface area (Å²) in [4.78, 5) is 4.84. The summed E-state index contributed by atoms with van der Waals surface area (Å²) in [6, 6.07) is 17.8. The van der Waals surface area contributed by atoms with Crippen LogP contribution in [0.15, 0.2) is 74.6 Å². The summed E-state index contributed by atoms with van der Waals surface area (Å²) >= 11 is 6.94. The minimum Gasteiger partial charge on any atom is -0.504 e. The largest absolute Gasteiger partial charge is 0.504 e. The molecule has 0 bridgehead atoms. The first kappa shape index (κ1) is 22.0. The second kappa shape index (κ2) is 9.51. The molecule has 7 heteroatoms. The smallest absolute Gasteiger partial charge is 0.162 e. The average molecular weight is 548 g/mol. The lowest BCUT2D eigenvalue weighted by Crippen LogP contribution is -2.33. The molecule has 0 saturated heterocycles. The molecular formula is C24H21Br2FN2O2. The number of phenolic OH excluding ortho intramolecular Hbond substituents is 1. The van der Waals surface area contributed by atoms with Crippen molar-refractivity contribution in [3.8, 4) is 11.5 Å². The molecule has 1 aliphatic heterocycles. The Kier molecular flexibility index (Phi) is 6.74. The Hall–Kier alpha value is -2.22. The summed E-state index contributed by atoms with van der Waals surface area (Å²) in [5.74, 6) is 0.176. The Balaban J connectivity index is 1.80. The van der Waals surface area contributed by atoms with Crippen molar-refractivity contribution in [2.75, 3.05) is 6.61 Å². The Bertz CT molecular complexity index is 1140. The molecule has 1 heterocycles. The van der Waals surface area contributed by atoms with Gasteiger partial charge in [0.15, 0.2) is 11.5 Å². The highest BCUT2D eigenvalue weighted by Gasteiger charge is 2.30. The van der Waals surface area contributed by atoms with Crippen LogP contribution in [-0.2, 0) is 0 Å². The number of nitrogens with one attached hydrogen (secondary N) is 1. The van der Waals surface area contributed by atoms with Gasteiger partial charge in [-0.1, -0.05) is 56.1 Å². The Labute approximate surface area is 197 Å². The van der Waals surface area contributed by atoms with Crippen LogP contribution in [0.3, 0.4) is 0 Å². The third kappa shape index (κ3) is 4.84. The van der Waals surface area contributed by atoms with Crippen LogP contribution in [0.4, 0.5) is 4.39 Å². The van der Waals surface area contributed by atoms with Crippen molar-refractivity contribution in [2.45, 2.75) is 25.6 Å². The topological polar surface area (TPSA) is 53.8 Å². The standard InChI is InChI=1S/C24H21Br2FN2O2/c1-2-31-22-8-4-7-17(23(22)30)21-13-20(14-5-3-6-15(25)11-14)28-24(29-21)18-12-16(26)9-10-19(18)27/h3-12,21,24,29-30H,2,13H2,1H3/t21-,24+/m0/s1. The van der Waals surface area contributed by atoms with Crippen LogP contribution in [0, 0.1) is 5.82 Å². The van der Waals surface area contributed by atoms with E-state index in [1.165, 1.54) is 6.07 Å². The molecule has 4 nitrogen and oxygen atoms in total. The van der Waals surface area contributed by atoms with Gasteiger partial charge in [-0.25, -0.2) is 4.39 Å². The number of halogens is 3. The molecule has 0 radical (unpaired) electrons. The van der Waals surface area contributed by atoms with Gasteiger partial charge in [-0.2, -0.15) is 0 Å². The lowest BCUT2D eigenvalue weighted by Gasteiger charge is -2.31. The van der Waals surface area contributed by atoms with Crippen molar-refractivity contribution in [1.82, 2.24) is 5.32 Å². The molecule has 0 spiro atoms. The Morgan fingerprint density at radius 1 is 1.06 bits per heavy atom. The van der Waals surface area contributed by atoms with Gasteiger partial charge in [-0.3, -0.25) is 10.3 Å². The number of para-hydroxylation sites is 1.